The van der Waals surface area contributed by atoms with Crippen LogP contribution in [0, 0.1) is 0 Å². The highest BCUT2D eigenvalue weighted by Gasteiger charge is 2.30. The van der Waals surface area contributed by atoms with Gasteiger partial charge < -0.3 is 5.73 Å². The first-order valence-corrected chi connectivity index (χ1v) is 7.66. The first-order chi connectivity index (χ1) is 8.24. The van der Waals surface area contributed by atoms with Gasteiger partial charge in [-0.3, -0.25) is 4.90 Å². The summed E-state index contributed by atoms with van der Waals surface area (Å²) >= 11 is 7.00. The highest BCUT2D eigenvalue weighted by molar-refractivity contribution is 7.80. The summed E-state index contributed by atoms with van der Waals surface area (Å²) in [6.07, 6.45) is 5.06. The summed E-state index contributed by atoms with van der Waals surface area (Å²) in [6.45, 7) is 3.38. The molecule has 17 heavy (non-hydrogen) atoms. The largest absolute Gasteiger partial charge is 0.392 e. The smallest absolute Gasteiger partial charge is 0.0948 e. The van der Waals surface area contributed by atoms with Gasteiger partial charge in [-0.1, -0.05) is 25.6 Å². The van der Waals surface area contributed by atoms with Gasteiger partial charge in [0.05, 0.1) is 11.0 Å². The fraction of sp³-hybridized carbons (Fsp3) is 0.615. The lowest BCUT2D eigenvalue weighted by Crippen LogP contribution is -2.45. The predicted molar refractivity (Wildman–Crippen MR) is 78.5 cm³/mol. The lowest BCUT2D eigenvalue weighted by Gasteiger charge is -2.40. The Bertz CT molecular complexity index is 362. The van der Waals surface area contributed by atoms with Crippen LogP contribution in [-0.2, 0) is 0 Å². The van der Waals surface area contributed by atoms with Crippen LogP contribution in [0.4, 0.5) is 0 Å². The Balaban J connectivity index is 2.23. The van der Waals surface area contributed by atoms with E-state index in [1.54, 1.807) is 11.3 Å². The van der Waals surface area contributed by atoms with Crippen molar-refractivity contribution in [2.24, 2.45) is 5.73 Å². The van der Waals surface area contributed by atoms with Crippen molar-refractivity contribution in [3.63, 3.8) is 0 Å². The molecule has 1 aromatic rings. The maximum atomic E-state index is 5.97. The van der Waals surface area contributed by atoms with Crippen LogP contribution in [0.3, 0.4) is 0 Å². The van der Waals surface area contributed by atoms with E-state index in [-0.39, 0.29) is 6.04 Å². The number of nitrogens with two attached hydrogens (primary N) is 1. The second-order valence-electron chi connectivity index (χ2n) is 4.66. The monoisotopic (exact) mass is 268 g/mol. The van der Waals surface area contributed by atoms with Crippen molar-refractivity contribution in [2.75, 3.05) is 6.54 Å². The normalized spacial score (nSPS) is 23.5. The van der Waals surface area contributed by atoms with Gasteiger partial charge in [0.1, 0.15) is 0 Å². The van der Waals surface area contributed by atoms with Crippen molar-refractivity contribution < 1.29 is 0 Å². The molecule has 0 bridgehead atoms. The van der Waals surface area contributed by atoms with Gasteiger partial charge in [-0.15, -0.1) is 0 Å². The summed E-state index contributed by atoms with van der Waals surface area (Å²) < 4.78 is 0. The van der Waals surface area contributed by atoms with Crippen LogP contribution < -0.4 is 5.73 Å². The molecule has 2 unspecified atom stereocenters. The molecule has 2 rings (SSSR count). The van der Waals surface area contributed by atoms with Crippen molar-refractivity contribution in [3.8, 4) is 0 Å². The summed E-state index contributed by atoms with van der Waals surface area (Å²) in [7, 11) is 0. The van der Waals surface area contributed by atoms with Gasteiger partial charge >= 0.3 is 0 Å². The third-order valence-electron chi connectivity index (χ3n) is 3.60. The van der Waals surface area contributed by atoms with Crippen LogP contribution in [0.15, 0.2) is 16.8 Å². The van der Waals surface area contributed by atoms with Crippen molar-refractivity contribution in [1.82, 2.24) is 4.90 Å². The second kappa shape index (κ2) is 5.94. The van der Waals surface area contributed by atoms with Crippen molar-refractivity contribution >= 4 is 28.5 Å². The average molecular weight is 268 g/mol. The maximum absolute atomic E-state index is 5.97. The summed E-state index contributed by atoms with van der Waals surface area (Å²) in [5.41, 5.74) is 7.24. The van der Waals surface area contributed by atoms with Gasteiger partial charge in [0.15, 0.2) is 0 Å². The minimum Gasteiger partial charge on any atom is -0.392 e. The molecule has 0 aliphatic carbocycles. The maximum Gasteiger partial charge on any atom is 0.0948 e. The quantitative estimate of drug-likeness (QED) is 0.849. The SMILES string of the molecule is CCC1CCCCN1C(C(N)=S)c1ccsc1. The summed E-state index contributed by atoms with van der Waals surface area (Å²) in [6, 6.07) is 2.92. The molecular formula is C13H20N2S2. The minimum atomic E-state index is 0.140. The van der Waals surface area contributed by atoms with Gasteiger partial charge in [-0.2, -0.15) is 11.3 Å². The number of thiophene rings is 1. The van der Waals surface area contributed by atoms with E-state index in [0.29, 0.717) is 11.0 Å². The van der Waals surface area contributed by atoms with Gasteiger partial charge in [0.25, 0.3) is 0 Å². The highest BCUT2D eigenvalue weighted by Crippen LogP contribution is 2.31. The van der Waals surface area contributed by atoms with E-state index in [0.717, 1.165) is 6.54 Å². The molecule has 4 heteroatoms. The summed E-state index contributed by atoms with van der Waals surface area (Å²) in [5, 5.41) is 4.27. The Morgan fingerprint density at radius 1 is 1.65 bits per heavy atom. The van der Waals surface area contributed by atoms with Gasteiger partial charge in [0, 0.05) is 6.04 Å². The lowest BCUT2D eigenvalue weighted by molar-refractivity contribution is 0.122. The third kappa shape index (κ3) is 2.87. The zero-order chi connectivity index (χ0) is 12.3. The molecule has 0 saturated carbocycles. The number of thiocarbonyl (C=S) groups is 1. The molecule has 2 N–H and O–H groups in total. The minimum absolute atomic E-state index is 0.140. The molecule has 2 atom stereocenters. The number of nitrogens with zero attached hydrogens (tertiary/aromatic N) is 1. The lowest BCUT2D eigenvalue weighted by atomic mass is 9.96. The van der Waals surface area contributed by atoms with Crippen LogP contribution in [0.1, 0.15) is 44.2 Å². The van der Waals surface area contributed by atoms with E-state index in [1.807, 2.05) is 0 Å². The predicted octanol–water partition coefficient (Wildman–Crippen LogP) is 3.34. The zero-order valence-corrected chi connectivity index (χ0v) is 11.9. The fourth-order valence-corrected chi connectivity index (χ4v) is 3.70. The zero-order valence-electron chi connectivity index (χ0n) is 10.3. The molecule has 94 valence electrons. The first kappa shape index (κ1) is 13.0. The topological polar surface area (TPSA) is 29.3 Å². The molecule has 1 aromatic heterocycles. The molecule has 1 saturated heterocycles. The molecule has 0 spiro atoms. The van der Waals surface area contributed by atoms with E-state index in [2.05, 4.69) is 28.7 Å². The molecular weight excluding hydrogens is 248 g/mol. The van der Waals surface area contributed by atoms with E-state index >= 15 is 0 Å². The molecule has 1 fully saturated rings. The summed E-state index contributed by atoms with van der Waals surface area (Å²) in [5.74, 6) is 0. The van der Waals surface area contributed by atoms with Crippen LogP contribution in [-0.4, -0.2) is 22.5 Å². The highest BCUT2D eigenvalue weighted by atomic mass is 32.1. The van der Waals surface area contributed by atoms with E-state index < -0.39 is 0 Å². The molecule has 0 aromatic carbocycles. The molecule has 0 radical (unpaired) electrons. The van der Waals surface area contributed by atoms with Crippen molar-refractivity contribution in [1.29, 1.82) is 0 Å². The summed E-state index contributed by atoms with van der Waals surface area (Å²) in [4.78, 5) is 3.12. The number of hydrogen-bond acceptors (Lipinski definition) is 3. The van der Waals surface area contributed by atoms with Crippen molar-refractivity contribution in [2.45, 2.75) is 44.7 Å². The van der Waals surface area contributed by atoms with Crippen LogP contribution >= 0.6 is 23.6 Å². The Kier molecular flexibility index (Phi) is 4.54. The standard InChI is InChI=1S/C13H20N2S2/c1-2-11-5-3-4-7-15(11)12(13(14)16)10-6-8-17-9-10/h6,8-9,11-12H,2-5,7H2,1H3,(H2,14,16). The third-order valence-corrected chi connectivity index (χ3v) is 4.53. The molecule has 1 aliphatic heterocycles. The van der Waals surface area contributed by atoms with E-state index in [9.17, 15) is 0 Å². The number of likely N-dealkylation sites (tertiary alicyclic amines) is 1. The molecule has 2 nitrogen and oxygen atoms in total. The average Bonchev–Trinajstić information content (AvgIpc) is 2.83. The Hall–Kier alpha value is -0.450. The molecule has 2 heterocycles. The Morgan fingerprint density at radius 3 is 3.06 bits per heavy atom. The fourth-order valence-electron chi connectivity index (χ4n) is 2.75. The molecule has 0 amide bonds. The van der Waals surface area contributed by atoms with Crippen LogP contribution in [0.5, 0.6) is 0 Å². The Morgan fingerprint density at radius 2 is 2.47 bits per heavy atom. The van der Waals surface area contributed by atoms with Crippen molar-refractivity contribution in [3.05, 3.63) is 22.4 Å². The van der Waals surface area contributed by atoms with Gasteiger partial charge in [0.2, 0.25) is 0 Å². The Labute approximate surface area is 113 Å². The van der Waals surface area contributed by atoms with Crippen LogP contribution in [0.2, 0.25) is 0 Å². The van der Waals surface area contributed by atoms with Gasteiger partial charge in [-0.25, -0.2) is 0 Å². The van der Waals surface area contributed by atoms with E-state index in [4.69, 9.17) is 18.0 Å². The number of rotatable bonds is 4. The first-order valence-electron chi connectivity index (χ1n) is 6.31. The molecule has 1 aliphatic rings. The van der Waals surface area contributed by atoms with Gasteiger partial charge in [-0.05, 0) is 48.2 Å². The van der Waals surface area contributed by atoms with Crippen LogP contribution in [0.25, 0.3) is 0 Å². The second-order valence-corrected chi connectivity index (χ2v) is 5.91. The number of piperidine rings is 1. The van der Waals surface area contributed by atoms with E-state index in [1.165, 1.54) is 31.2 Å². The number of hydrogen-bond donors (Lipinski definition) is 1.